The second-order valence-electron chi connectivity index (χ2n) is 12.9. The summed E-state index contributed by atoms with van der Waals surface area (Å²) >= 11 is 0. The van der Waals surface area contributed by atoms with E-state index in [0.29, 0.717) is 11.8 Å². The Morgan fingerprint density at radius 1 is 1.00 bits per heavy atom. The molecular weight excluding hydrogens is 424 g/mol. The number of ether oxygens (including phenoxy) is 2. The SMILES string of the molecule is C=C1C[C@@]23CC[C@@H]4C(C)(C)C[C@@H](O[C@@H]5O[C@H](CO)[C@@H](O)[C@H](O)[C@H]5O)C[C@@]4(C)[C@@H]2CC[C@]1(O)C3. The van der Waals surface area contributed by atoms with Crippen molar-refractivity contribution in [3.8, 4) is 0 Å². The van der Waals surface area contributed by atoms with E-state index in [4.69, 9.17) is 9.47 Å². The smallest absolute Gasteiger partial charge is 0.186 e. The average molecular weight is 467 g/mol. The molecule has 0 aromatic rings. The maximum Gasteiger partial charge on any atom is 0.186 e. The van der Waals surface area contributed by atoms with Crippen LogP contribution in [0.4, 0.5) is 0 Å². The van der Waals surface area contributed by atoms with E-state index in [9.17, 15) is 25.5 Å². The number of fused-ring (bicyclic) bond motifs is 3. The molecule has 11 atom stereocenters. The highest BCUT2D eigenvalue weighted by Gasteiger charge is 2.67. The monoisotopic (exact) mass is 466 g/mol. The van der Waals surface area contributed by atoms with Gasteiger partial charge in [0.25, 0.3) is 0 Å². The molecule has 1 spiro atoms. The Morgan fingerprint density at radius 3 is 2.39 bits per heavy atom. The topological polar surface area (TPSA) is 120 Å². The van der Waals surface area contributed by atoms with Crippen LogP contribution in [0.5, 0.6) is 0 Å². The van der Waals surface area contributed by atoms with Gasteiger partial charge in [0.15, 0.2) is 6.29 Å². The Kier molecular flexibility index (Phi) is 5.66. The highest BCUT2D eigenvalue weighted by Crippen LogP contribution is 2.73. The number of hydrogen-bond acceptors (Lipinski definition) is 7. The van der Waals surface area contributed by atoms with Gasteiger partial charge in [-0.2, -0.15) is 0 Å². The van der Waals surface area contributed by atoms with E-state index in [1.807, 2.05) is 0 Å². The van der Waals surface area contributed by atoms with Gasteiger partial charge in [0.05, 0.1) is 18.3 Å². The summed E-state index contributed by atoms with van der Waals surface area (Å²) in [5.41, 5.74) is 0.463. The van der Waals surface area contributed by atoms with Gasteiger partial charge in [-0.3, -0.25) is 0 Å². The molecule has 5 N–H and O–H groups in total. The van der Waals surface area contributed by atoms with Gasteiger partial charge in [-0.15, -0.1) is 0 Å². The predicted octanol–water partition coefficient (Wildman–Crippen LogP) is 1.89. The minimum absolute atomic E-state index is 0.0186. The van der Waals surface area contributed by atoms with Crippen molar-refractivity contribution in [1.29, 1.82) is 0 Å². The second-order valence-corrected chi connectivity index (χ2v) is 12.9. The molecule has 2 bridgehead atoms. The minimum atomic E-state index is -1.43. The molecule has 0 amide bonds. The summed E-state index contributed by atoms with van der Waals surface area (Å²) in [4.78, 5) is 0. The number of hydrogen-bond donors (Lipinski definition) is 5. The molecule has 7 heteroatoms. The average Bonchev–Trinajstić information content (AvgIpc) is 2.90. The van der Waals surface area contributed by atoms with Crippen molar-refractivity contribution in [2.45, 2.75) is 115 Å². The molecule has 0 aromatic heterocycles. The molecule has 1 aliphatic heterocycles. The molecule has 1 heterocycles. The fourth-order valence-corrected chi connectivity index (χ4v) is 9.27. The van der Waals surface area contributed by atoms with Crippen LogP contribution < -0.4 is 0 Å². The van der Waals surface area contributed by atoms with Crippen molar-refractivity contribution >= 4 is 0 Å². The van der Waals surface area contributed by atoms with Gasteiger partial charge < -0.3 is 35.0 Å². The minimum Gasteiger partial charge on any atom is -0.394 e. The van der Waals surface area contributed by atoms with Gasteiger partial charge in [0.1, 0.15) is 24.4 Å². The van der Waals surface area contributed by atoms with Crippen LogP contribution in [0.15, 0.2) is 12.2 Å². The lowest BCUT2D eigenvalue weighted by Crippen LogP contribution is -2.62. The van der Waals surface area contributed by atoms with Crippen molar-refractivity contribution in [3.63, 3.8) is 0 Å². The summed E-state index contributed by atoms with van der Waals surface area (Å²) in [6.45, 7) is 10.8. The fourth-order valence-electron chi connectivity index (χ4n) is 9.27. The van der Waals surface area contributed by atoms with Gasteiger partial charge in [-0.25, -0.2) is 0 Å². The third kappa shape index (κ3) is 3.49. The highest BCUT2D eigenvalue weighted by molar-refractivity contribution is 5.29. The first kappa shape index (κ1) is 24.2. The fraction of sp³-hybridized carbons (Fsp3) is 0.923. The Labute approximate surface area is 196 Å². The van der Waals surface area contributed by atoms with Crippen molar-refractivity contribution in [1.82, 2.24) is 0 Å². The number of aliphatic hydroxyl groups excluding tert-OH is 4. The van der Waals surface area contributed by atoms with Gasteiger partial charge in [0, 0.05) is 0 Å². The largest absolute Gasteiger partial charge is 0.394 e. The van der Waals surface area contributed by atoms with Crippen molar-refractivity contribution in [2.24, 2.45) is 28.1 Å². The summed E-state index contributed by atoms with van der Waals surface area (Å²) in [5, 5.41) is 51.6. The lowest BCUT2D eigenvalue weighted by molar-refractivity contribution is -0.322. The van der Waals surface area contributed by atoms with E-state index in [2.05, 4.69) is 27.4 Å². The maximum absolute atomic E-state index is 11.2. The van der Waals surface area contributed by atoms with Crippen LogP contribution >= 0.6 is 0 Å². The van der Waals surface area contributed by atoms with E-state index < -0.39 is 42.9 Å². The van der Waals surface area contributed by atoms with Crippen LogP contribution in [0.2, 0.25) is 0 Å². The summed E-state index contributed by atoms with van der Waals surface area (Å²) in [6, 6.07) is 0. The first-order valence-corrected chi connectivity index (χ1v) is 12.7. The Morgan fingerprint density at radius 2 is 1.70 bits per heavy atom. The van der Waals surface area contributed by atoms with Crippen LogP contribution in [0, 0.1) is 28.1 Å². The molecule has 4 aliphatic carbocycles. The summed E-state index contributed by atoms with van der Waals surface area (Å²) in [6.07, 6.45) is 0.991. The molecule has 1 saturated heterocycles. The van der Waals surface area contributed by atoms with E-state index in [1.165, 1.54) is 0 Å². The summed E-state index contributed by atoms with van der Waals surface area (Å²) < 4.78 is 12.0. The predicted molar refractivity (Wildman–Crippen MR) is 121 cm³/mol. The van der Waals surface area contributed by atoms with Crippen molar-refractivity contribution in [3.05, 3.63) is 12.2 Å². The van der Waals surface area contributed by atoms with Crippen molar-refractivity contribution < 1.29 is 35.0 Å². The summed E-state index contributed by atoms with van der Waals surface area (Å²) in [7, 11) is 0. The third-order valence-corrected chi connectivity index (χ3v) is 10.5. The van der Waals surface area contributed by atoms with Gasteiger partial charge in [-0.05, 0) is 85.0 Å². The van der Waals surface area contributed by atoms with Crippen LogP contribution in [-0.2, 0) is 9.47 Å². The molecule has 0 aromatic carbocycles. The maximum atomic E-state index is 11.2. The quantitative estimate of drug-likeness (QED) is 0.318. The Bertz CT molecular complexity index is 798. The van der Waals surface area contributed by atoms with E-state index in [1.54, 1.807) is 0 Å². The Balaban J connectivity index is 1.40. The van der Waals surface area contributed by atoms with Crippen LogP contribution in [0.1, 0.15) is 72.1 Å². The molecule has 7 nitrogen and oxygen atoms in total. The number of rotatable bonds is 3. The molecule has 4 saturated carbocycles. The summed E-state index contributed by atoms with van der Waals surface area (Å²) in [5.74, 6) is 1.01. The van der Waals surface area contributed by atoms with E-state index in [-0.39, 0.29) is 22.3 Å². The molecule has 0 radical (unpaired) electrons. The third-order valence-electron chi connectivity index (χ3n) is 10.5. The van der Waals surface area contributed by atoms with Gasteiger partial charge in [0.2, 0.25) is 0 Å². The number of aliphatic hydroxyl groups is 5. The van der Waals surface area contributed by atoms with E-state index >= 15 is 0 Å². The first-order valence-electron chi connectivity index (χ1n) is 12.7. The van der Waals surface area contributed by atoms with Crippen molar-refractivity contribution in [2.75, 3.05) is 6.61 Å². The molecule has 33 heavy (non-hydrogen) atoms. The molecule has 5 rings (SSSR count). The standard InChI is InChI=1S/C26H42O7/c1-14-9-25-7-5-17-23(2,3)10-15(11-24(17,4)18(25)6-8-26(14,31)13-25)32-22-21(30)20(29)19(28)16(12-27)33-22/h15-22,27-31H,1,5-13H2,2-4H3/t15-,16-,17-,18+,19-,20+,21-,22-,24-,25-,26+/m1/s1. The first-order chi connectivity index (χ1) is 15.4. The lowest BCUT2D eigenvalue weighted by Gasteiger charge is -2.65. The van der Waals surface area contributed by atoms with Crippen LogP contribution in [0.25, 0.3) is 0 Å². The highest BCUT2D eigenvalue weighted by atomic mass is 16.7. The van der Waals surface area contributed by atoms with Gasteiger partial charge >= 0.3 is 0 Å². The normalized spacial score (nSPS) is 55.7. The second kappa shape index (κ2) is 7.73. The van der Waals surface area contributed by atoms with Crippen LogP contribution in [0.3, 0.4) is 0 Å². The zero-order valence-electron chi connectivity index (χ0n) is 20.2. The Hall–Kier alpha value is -0.540. The molecule has 188 valence electrons. The molecular formula is C26H42O7. The van der Waals surface area contributed by atoms with Gasteiger partial charge in [-0.1, -0.05) is 27.4 Å². The molecule has 5 fully saturated rings. The van der Waals surface area contributed by atoms with E-state index in [0.717, 1.165) is 56.9 Å². The lowest BCUT2D eigenvalue weighted by atomic mass is 9.40. The van der Waals surface area contributed by atoms with Crippen LogP contribution in [-0.4, -0.2) is 74.6 Å². The zero-order chi connectivity index (χ0) is 24.0. The molecule has 0 unspecified atom stereocenters. The zero-order valence-corrected chi connectivity index (χ0v) is 20.2. The molecule has 5 aliphatic rings.